The summed E-state index contributed by atoms with van der Waals surface area (Å²) < 4.78 is 6.57. The molecule has 0 saturated carbocycles. The van der Waals surface area contributed by atoms with Crippen molar-refractivity contribution in [3.63, 3.8) is 0 Å². The van der Waals surface area contributed by atoms with Crippen LogP contribution in [0.3, 0.4) is 0 Å². The molecule has 0 aliphatic carbocycles. The number of carbonyl (C=O) groups excluding carboxylic acids is 1. The molecule has 1 fully saturated rings. The molecule has 0 bridgehead atoms. The van der Waals surface area contributed by atoms with Crippen LogP contribution in [0.25, 0.3) is 0 Å². The first kappa shape index (κ1) is 20.5. The fourth-order valence-electron chi connectivity index (χ4n) is 4.76. The van der Waals surface area contributed by atoms with Gasteiger partial charge in [0.05, 0.1) is 12.5 Å². The van der Waals surface area contributed by atoms with Gasteiger partial charge in [-0.15, -0.1) is 0 Å². The molecule has 5 rings (SSSR count). The van der Waals surface area contributed by atoms with E-state index in [1.807, 2.05) is 48.5 Å². The average molecular weight is 429 g/mol. The summed E-state index contributed by atoms with van der Waals surface area (Å²) in [5, 5.41) is 3.30. The second kappa shape index (κ2) is 8.61. The fraction of sp³-hybridized carbons (Fsp3) is 0.346. The number of aromatic nitrogens is 2. The molecule has 3 heterocycles. The third-order valence-corrected chi connectivity index (χ3v) is 6.53. The Kier molecular flexibility index (Phi) is 5.52. The number of nitrogens with one attached hydrogen (secondary N) is 1. The molecule has 6 heteroatoms. The second-order valence-electron chi connectivity index (χ2n) is 8.85. The van der Waals surface area contributed by atoms with E-state index in [4.69, 9.17) is 4.74 Å². The number of piperidine rings is 1. The number of aryl methyl sites for hydroxylation is 1. The number of hydrogen-bond acceptors (Lipinski definition) is 5. The van der Waals surface area contributed by atoms with Crippen molar-refractivity contribution in [3.05, 3.63) is 83.7 Å². The monoisotopic (exact) mass is 428 g/mol. The topological polar surface area (TPSA) is 67.4 Å². The molecule has 2 aromatic carbocycles. The van der Waals surface area contributed by atoms with Crippen LogP contribution < -0.4 is 15.0 Å². The Balaban J connectivity index is 1.31. The minimum absolute atomic E-state index is 0.0424. The average Bonchev–Trinajstić information content (AvgIpc) is 2.82. The molecule has 3 aromatic rings. The van der Waals surface area contributed by atoms with Crippen molar-refractivity contribution < 1.29 is 9.53 Å². The highest BCUT2D eigenvalue weighted by Crippen LogP contribution is 2.44. The van der Waals surface area contributed by atoms with Crippen LogP contribution in [0.5, 0.6) is 5.75 Å². The van der Waals surface area contributed by atoms with Crippen LogP contribution in [0.1, 0.15) is 42.0 Å². The number of ether oxygens (including phenoxy) is 1. The number of hydrogen-bond donors (Lipinski definition) is 1. The standard InChI is InChI=1S/C26H28N4O2/c1-19-7-9-20(10-8-19)17-24(31)29-22-18-26(32-23-6-3-2-5-21(22)23)11-15-30(16-12-26)25-27-13-4-14-28-25/h2-10,13-14,22H,11-12,15-18H2,1H3,(H,29,31)/t22-/m1/s1. The van der Waals surface area contributed by atoms with E-state index in [0.717, 1.165) is 55.2 Å². The second-order valence-corrected chi connectivity index (χ2v) is 8.85. The first-order chi connectivity index (χ1) is 15.6. The van der Waals surface area contributed by atoms with Crippen LogP contribution >= 0.6 is 0 Å². The van der Waals surface area contributed by atoms with Crippen molar-refractivity contribution in [2.24, 2.45) is 0 Å². The van der Waals surface area contributed by atoms with Crippen molar-refractivity contribution >= 4 is 11.9 Å². The number of anilines is 1. The highest BCUT2D eigenvalue weighted by atomic mass is 16.5. The van der Waals surface area contributed by atoms with E-state index < -0.39 is 0 Å². The van der Waals surface area contributed by atoms with Gasteiger partial charge in [-0.25, -0.2) is 9.97 Å². The van der Waals surface area contributed by atoms with Crippen LogP contribution in [-0.4, -0.2) is 34.6 Å². The number of para-hydroxylation sites is 1. The number of nitrogens with zero attached hydrogens (tertiary/aromatic N) is 3. The van der Waals surface area contributed by atoms with Gasteiger partial charge in [-0.2, -0.15) is 0 Å². The molecular formula is C26H28N4O2. The van der Waals surface area contributed by atoms with Gasteiger partial charge in [0.2, 0.25) is 11.9 Å². The molecule has 32 heavy (non-hydrogen) atoms. The summed E-state index contributed by atoms with van der Waals surface area (Å²) in [6, 6.07) is 18.0. The summed E-state index contributed by atoms with van der Waals surface area (Å²) in [6.45, 7) is 3.71. The van der Waals surface area contributed by atoms with E-state index in [1.165, 1.54) is 5.56 Å². The van der Waals surface area contributed by atoms with Crippen LogP contribution in [0, 0.1) is 6.92 Å². The molecule has 6 nitrogen and oxygen atoms in total. The number of benzene rings is 2. The maximum atomic E-state index is 12.9. The summed E-state index contributed by atoms with van der Waals surface area (Å²) in [5.74, 6) is 1.69. The van der Waals surface area contributed by atoms with E-state index in [2.05, 4.69) is 33.2 Å². The zero-order valence-corrected chi connectivity index (χ0v) is 18.3. The van der Waals surface area contributed by atoms with Crippen LogP contribution in [0.4, 0.5) is 5.95 Å². The van der Waals surface area contributed by atoms with E-state index >= 15 is 0 Å². The van der Waals surface area contributed by atoms with Crippen molar-refractivity contribution in [1.82, 2.24) is 15.3 Å². The van der Waals surface area contributed by atoms with E-state index in [-0.39, 0.29) is 17.6 Å². The normalized spacial score (nSPS) is 19.2. The molecule has 1 spiro atoms. The molecule has 1 saturated heterocycles. The van der Waals surface area contributed by atoms with E-state index in [0.29, 0.717) is 6.42 Å². The summed E-state index contributed by atoms with van der Waals surface area (Å²) in [6.07, 6.45) is 6.44. The zero-order valence-electron chi connectivity index (χ0n) is 18.3. The van der Waals surface area contributed by atoms with E-state index in [1.54, 1.807) is 12.4 Å². The van der Waals surface area contributed by atoms with Gasteiger partial charge in [-0.05, 0) is 24.6 Å². The summed E-state index contributed by atoms with van der Waals surface area (Å²) in [5.41, 5.74) is 2.99. The van der Waals surface area contributed by atoms with Gasteiger partial charge in [0, 0.05) is 50.3 Å². The van der Waals surface area contributed by atoms with Crippen molar-refractivity contribution in [2.45, 2.75) is 44.2 Å². The quantitative estimate of drug-likeness (QED) is 0.680. The molecule has 1 N–H and O–H groups in total. The fourth-order valence-corrected chi connectivity index (χ4v) is 4.76. The van der Waals surface area contributed by atoms with Gasteiger partial charge >= 0.3 is 0 Å². The number of amides is 1. The first-order valence-electron chi connectivity index (χ1n) is 11.3. The van der Waals surface area contributed by atoms with Crippen LogP contribution in [0.15, 0.2) is 67.0 Å². The Morgan fingerprint density at radius 1 is 1.06 bits per heavy atom. The predicted molar refractivity (Wildman–Crippen MR) is 124 cm³/mol. The summed E-state index contributed by atoms with van der Waals surface area (Å²) in [7, 11) is 0. The lowest BCUT2D eigenvalue weighted by Gasteiger charge is -2.47. The van der Waals surface area contributed by atoms with Crippen molar-refractivity contribution in [1.29, 1.82) is 0 Å². The zero-order chi connectivity index (χ0) is 22.0. The molecule has 1 amide bonds. The first-order valence-corrected chi connectivity index (χ1v) is 11.3. The maximum absolute atomic E-state index is 12.9. The largest absolute Gasteiger partial charge is 0.487 e. The van der Waals surface area contributed by atoms with Crippen molar-refractivity contribution in [2.75, 3.05) is 18.0 Å². The minimum Gasteiger partial charge on any atom is -0.487 e. The highest BCUT2D eigenvalue weighted by molar-refractivity contribution is 5.79. The molecule has 164 valence electrons. The van der Waals surface area contributed by atoms with Gasteiger partial charge < -0.3 is 15.0 Å². The molecule has 2 aliphatic heterocycles. The Morgan fingerprint density at radius 2 is 1.78 bits per heavy atom. The molecule has 0 radical (unpaired) electrons. The summed E-state index contributed by atoms with van der Waals surface area (Å²) >= 11 is 0. The number of carbonyl (C=O) groups is 1. The molecular weight excluding hydrogens is 400 g/mol. The van der Waals surface area contributed by atoms with E-state index in [9.17, 15) is 4.79 Å². The van der Waals surface area contributed by atoms with Gasteiger partial charge in [0.1, 0.15) is 11.4 Å². The van der Waals surface area contributed by atoms with Gasteiger partial charge in [0.15, 0.2) is 0 Å². The third-order valence-electron chi connectivity index (χ3n) is 6.53. The number of fused-ring (bicyclic) bond motifs is 1. The maximum Gasteiger partial charge on any atom is 0.225 e. The lowest BCUT2D eigenvalue weighted by Crippen LogP contribution is -2.52. The van der Waals surface area contributed by atoms with Crippen LogP contribution in [0.2, 0.25) is 0 Å². The lowest BCUT2D eigenvalue weighted by molar-refractivity contribution is -0.121. The highest BCUT2D eigenvalue weighted by Gasteiger charge is 2.44. The van der Waals surface area contributed by atoms with Gasteiger partial charge in [-0.1, -0.05) is 48.0 Å². The van der Waals surface area contributed by atoms with Crippen molar-refractivity contribution in [3.8, 4) is 5.75 Å². The number of rotatable bonds is 4. The smallest absolute Gasteiger partial charge is 0.225 e. The third kappa shape index (κ3) is 4.31. The van der Waals surface area contributed by atoms with Gasteiger partial charge in [-0.3, -0.25) is 4.79 Å². The Morgan fingerprint density at radius 3 is 2.53 bits per heavy atom. The minimum atomic E-state index is -0.290. The molecule has 2 aliphatic rings. The summed E-state index contributed by atoms with van der Waals surface area (Å²) in [4.78, 5) is 23.9. The molecule has 1 aromatic heterocycles. The molecule has 0 unspecified atom stereocenters. The molecule has 1 atom stereocenters. The van der Waals surface area contributed by atoms with Gasteiger partial charge in [0.25, 0.3) is 0 Å². The Labute approximate surface area is 188 Å². The SMILES string of the molecule is Cc1ccc(CC(=O)N[C@@H]2CC3(CCN(c4ncccn4)CC3)Oc3ccccc32)cc1. The Bertz CT molecular complexity index is 1080. The van der Waals surface area contributed by atoms with Crippen LogP contribution in [-0.2, 0) is 11.2 Å². The lowest BCUT2D eigenvalue weighted by atomic mass is 9.80. The Hall–Kier alpha value is -3.41. The predicted octanol–water partition coefficient (Wildman–Crippen LogP) is 4.01.